The summed E-state index contributed by atoms with van der Waals surface area (Å²) in [6, 6.07) is 8.65. The number of halogens is 1. The van der Waals surface area contributed by atoms with Crippen molar-refractivity contribution in [3.05, 3.63) is 47.9 Å². The van der Waals surface area contributed by atoms with Gasteiger partial charge in [0.2, 0.25) is 0 Å². The van der Waals surface area contributed by atoms with Crippen molar-refractivity contribution in [1.82, 2.24) is 4.98 Å². The zero-order chi connectivity index (χ0) is 12.4. The van der Waals surface area contributed by atoms with Gasteiger partial charge in [0.25, 0.3) is 0 Å². The van der Waals surface area contributed by atoms with E-state index in [9.17, 15) is 9.18 Å². The lowest BCUT2D eigenvalue weighted by Gasteiger charge is -2.06. The summed E-state index contributed by atoms with van der Waals surface area (Å²) < 4.78 is 13.1. The van der Waals surface area contributed by atoms with E-state index in [0.717, 1.165) is 0 Å². The Hall–Kier alpha value is -2.43. The lowest BCUT2D eigenvalue weighted by molar-refractivity contribution is 0.0691. The highest BCUT2D eigenvalue weighted by molar-refractivity contribution is 5.94. The number of aromatic carboxylic acids is 1. The molecule has 2 rings (SSSR count). The first-order chi connectivity index (χ1) is 8.08. The van der Waals surface area contributed by atoms with Crippen molar-refractivity contribution >= 4 is 11.8 Å². The fraction of sp³-hybridized carbons (Fsp3) is 0. The van der Waals surface area contributed by atoms with Crippen LogP contribution in [0.3, 0.4) is 0 Å². The van der Waals surface area contributed by atoms with Crippen molar-refractivity contribution in [2.45, 2.75) is 0 Å². The maximum atomic E-state index is 13.1. The van der Waals surface area contributed by atoms with Crippen LogP contribution in [0, 0.1) is 5.82 Å². The predicted molar refractivity (Wildman–Crippen MR) is 61.0 cm³/mol. The summed E-state index contributed by atoms with van der Waals surface area (Å²) in [6.45, 7) is 0. The highest BCUT2D eigenvalue weighted by atomic mass is 19.1. The molecule has 0 spiro atoms. The molecule has 17 heavy (non-hydrogen) atoms. The molecule has 86 valence electrons. The second-order valence-electron chi connectivity index (χ2n) is 3.45. The number of nitrogens with two attached hydrogens (primary N) is 1. The number of hydrogen-bond acceptors (Lipinski definition) is 3. The Morgan fingerprint density at radius 3 is 2.71 bits per heavy atom. The van der Waals surface area contributed by atoms with Crippen molar-refractivity contribution in [1.29, 1.82) is 0 Å². The van der Waals surface area contributed by atoms with Gasteiger partial charge in [0.1, 0.15) is 11.6 Å². The van der Waals surface area contributed by atoms with E-state index in [1.54, 1.807) is 6.07 Å². The molecule has 0 bridgehead atoms. The number of pyridine rings is 1. The van der Waals surface area contributed by atoms with Gasteiger partial charge < -0.3 is 10.8 Å². The summed E-state index contributed by atoms with van der Waals surface area (Å²) in [7, 11) is 0. The summed E-state index contributed by atoms with van der Waals surface area (Å²) in [5.74, 6) is -1.52. The number of benzene rings is 1. The number of carbonyl (C=O) groups is 1. The highest BCUT2D eigenvalue weighted by Crippen LogP contribution is 2.24. The molecule has 0 atom stereocenters. The Morgan fingerprint density at radius 1 is 1.29 bits per heavy atom. The van der Waals surface area contributed by atoms with Crippen LogP contribution < -0.4 is 5.73 Å². The SMILES string of the molecule is Nc1ccc(-c2cccc(F)c2)c(C(=O)O)n1. The van der Waals surface area contributed by atoms with Gasteiger partial charge in [-0.15, -0.1) is 0 Å². The van der Waals surface area contributed by atoms with E-state index in [1.165, 1.54) is 30.3 Å². The predicted octanol–water partition coefficient (Wildman–Crippen LogP) is 2.17. The van der Waals surface area contributed by atoms with Crippen LogP contribution >= 0.6 is 0 Å². The maximum absolute atomic E-state index is 13.1. The lowest BCUT2D eigenvalue weighted by atomic mass is 10.0. The topological polar surface area (TPSA) is 76.2 Å². The molecule has 0 amide bonds. The molecule has 4 nitrogen and oxygen atoms in total. The second-order valence-corrected chi connectivity index (χ2v) is 3.45. The number of hydrogen-bond donors (Lipinski definition) is 2. The third-order valence-electron chi connectivity index (χ3n) is 2.25. The largest absolute Gasteiger partial charge is 0.476 e. The molecular formula is C12H9FN2O2. The van der Waals surface area contributed by atoms with Crippen LogP contribution in [-0.2, 0) is 0 Å². The summed E-state index contributed by atoms with van der Waals surface area (Å²) in [4.78, 5) is 14.8. The van der Waals surface area contributed by atoms with Crippen LogP contribution in [-0.4, -0.2) is 16.1 Å². The van der Waals surface area contributed by atoms with Gasteiger partial charge >= 0.3 is 5.97 Å². The summed E-state index contributed by atoms with van der Waals surface area (Å²) in [5, 5.41) is 9.01. The summed E-state index contributed by atoms with van der Waals surface area (Å²) in [5.41, 5.74) is 6.03. The molecule has 0 saturated carbocycles. The molecule has 2 aromatic rings. The monoisotopic (exact) mass is 232 g/mol. The van der Waals surface area contributed by atoms with Gasteiger partial charge in [0.05, 0.1) is 0 Å². The summed E-state index contributed by atoms with van der Waals surface area (Å²) >= 11 is 0. The number of carboxylic acids is 1. The Morgan fingerprint density at radius 2 is 2.06 bits per heavy atom. The zero-order valence-corrected chi connectivity index (χ0v) is 8.72. The van der Waals surface area contributed by atoms with E-state index in [0.29, 0.717) is 11.1 Å². The Bertz CT molecular complexity index is 584. The third kappa shape index (κ3) is 2.23. The average Bonchev–Trinajstić information content (AvgIpc) is 2.28. The number of rotatable bonds is 2. The molecule has 0 unspecified atom stereocenters. The molecule has 0 aliphatic carbocycles. The van der Waals surface area contributed by atoms with Gasteiger partial charge in [-0.05, 0) is 29.8 Å². The lowest BCUT2D eigenvalue weighted by Crippen LogP contribution is -2.05. The minimum Gasteiger partial charge on any atom is -0.476 e. The van der Waals surface area contributed by atoms with Crippen molar-refractivity contribution < 1.29 is 14.3 Å². The molecule has 0 aliphatic heterocycles. The number of carboxylic acid groups (broad SMARTS) is 1. The Balaban J connectivity index is 2.63. The van der Waals surface area contributed by atoms with E-state index in [-0.39, 0.29) is 11.5 Å². The van der Waals surface area contributed by atoms with Crippen LogP contribution in [0.1, 0.15) is 10.5 Å². The van der Waals surface area contributed by atoms with Crippen molar-refractivity contribution in [2.75, 3.05) is 5.73 Å². The van der Waals surface area contributed by atoms with Gasteiger partial charge in [0, 0.05) is 5.56 Å². The summed E-state index contributed by atoms with van der Waals surface area (Å²) in [6.07, 6.45) is 0. The van der Waals surface area contributed by atoms with Crippen LogP contribution in [0.15, 0.2) is 36.4 Å². The molecule has 3 N–H and O–H groups in total. The molecule has 1 aromatic heterocycles. The molecule has 0 fully saturated rings. The van der Waals surface area contributed by atoms with E-state index >= 15 is 0 Å². The number of nitrogens with zero attached hydrogens (tertiary/aromatic N) is 1. The fourth-order valence-corrected chi connectivity index (χ4v) is 1.53. The van der Waals surface area contributed by atoms with Crippen LogP contribution in [0.25, 0.3) is 11.1 Å². The van der Waals surface area contributed by atoms with E-state index in [1.807, 2.05) is 0 Å². The Labute approximate surface area is 96.5 Å². The first-order valence-electron chi connectivity index (χ1n) is 4.83. The van der Waals surface area contributed by atoms with Gasteiger partial charge in [-0.25, -0.2) is 14.2 Å². The normalized spacial score (nSPS) is 10.2. The first-order valence-corrected chi connectivity index (χ1v) is 4.83. The molecule has 0 aliphatic rings. The quantitative estimate of drug-likeness (QED) is 0.831. The molecule has 0 radical (unpaired) electrons. The van der Waals surface area contributed by atoms with E-state index in [2.05, 4.69) is 4.98 Å². The van der Waals surface area contributed by atoms with Crippen molar-refractivity contribution in [3.63, 3.8) is 0 Å². The van der Waals surface area contributed by atoms with Gasteiger partial charge in [0.15, 0.2) is 5.69 Å². The fourth-order valence-electron chi connectivity index (χ4n) is 1.53. The molecule has 1 aromatic carbocycles. The minimum atomic E-state index is -1.20. The van der Waals surface area contributed by atoms with Gasteiger partial charge in [-0.3, -0.25) is 0 Å². The second kappa shape index (κ2) is 4.21. The third-order valence-corrected chi connectivity index (χ3v) is 2.25. The smallest absolute Gasteiger partial charge is 0.355 e. The number of nitrogen functional groups attached to an aromatic ring is 1. The van der Waals surface area contributed by atoms with E-state index in [4.69, 9.17) is 10.8 Å². The molecule has 0 saturated heterocycles. The first kappa shape index (κ1) is 11.1. The molecular weight excluding hydrogens is 223 g/mol. The standard InChI is InChI=1S/C12H9FN2O2/c13-8-3-1-2-7(6-8)9-4-5-10(14)15-11(9)12(16)17/h1-6H,(H2,14,15)(H,16,17). The number of aromatic nitrogens is 1. The van der Waals surface area contributed by atoms with Gasteiger partial charge in [-0.2, -0.15) is 0 Å². The van der Waals surface area contributed by atoms with Crippen LogP contribution in [0.2, 0.25) is 0 Å². The zero-order valence-electron chi connectivity index (χ0n) is 8.72. The van der Waals surface area contributed by atoms with E-state index < -0.39 is 11.8 Å². The minimum absolute atomic E-state index is 0.113. The highest BCUT2D eigenvalue weighted by Gasteiger charge is 2.14. The van der Waals surface area contributed by atoms with Crippen LogP contribution in [0.4, 0.5) is 10.2 Å². The Kier molecular flexibility index (Phi) is 2.74. The average molecular weight is 232 g/mol. The maximum Gasteiger partial charge on any atom is 0.355 e. The molecule has 5 heteroatoms. The van der Waals surface area contributed by atoms with Crippen molar-refractivity contribution in [3.8, 4) is 11.1 Å². The number of anilines is 1. The van der Waals surface area contributed by atoms with Gasteiger partial charge in [-0.1, -0.05) is 12.1 Å². The van der Waals surface area contributed by atoms with Crippen molar-refractivity contribution in [2.24, 2.45) is 0 Å². The van der Waals surface area contributed by atoms with Crippen LogP contribution in [0.5, 0.6) is 0 Å². The molecule has 1 heterocycles.